The first-order valence-corrected chi connectivity index (χ1v) is 11.3. The highest BCUT2D eigenvalue weighted by molar-refractivity contribution is 5.93. The molecule has 4 rings (SSSR count). The predicted octanol–water partition coefficient (Wildman–Crippen LogP) is 4.15. The Labute approximate surface area is 188 Å². The number of nitrogens with one attached hydrogen (secondary N) is 1. The summed E-state index contributed by atoms with van der Waals surface area (Å²) in [7, 11) is 0. The van der Waals surface area contributed by atoms with Crippen LogP contribution in [-0.2, 0) is 9.59 Å². The molecular formula is C25H30N2O5. The minimum Gasteiger partial charge on any atom is -0.494 e. The molecule has 0 aliphatic carbocycles. The summed E-state index contributed by atoms with van der Waals surface area (Å²) in [5.74, 6) is 2.27. The van der Waals surface area contributed by atoms with Gasteiger partial charge in [-0.1, -0.05) is 12.1 Å². The number of carbonyl (C=O) groups is 2. The van der Waals surface area contributed by atoms with E-state index in [1.807, 2.05) is 42.2 Å². The third kappa shape index (κ3) is 5.72. The zero-order valence-electron chi connectivity index (χ0n) is 18.5. The molecule has 7 heteroatoms. The Kier molecular flexibility index (Phi) is 7.14. The van der Waals surface area contributed by atoms with Gasteiger partial charge in [0.25, 0.3) is 0 Å². The molecule has 2 aromatic rings. The molecule has 0 bridgehead atoms. The van der Waals surface area contributed by atoms with Crippen molar-refractivity contribution in [2.45, 2.75) is 39.0 Å². The normalized spacial score (nSPS) is 15.5. The number of likely N-dealkylation sites (tertiary alicyclic amines) is 1. The fourth-order valence-electron chi connectivity index (χ4n) is 4.04. The number of benzene rings is 2. The van der Waals surface area contributed by atoms with E-state index in [-0.39, 0.29) is 24.5 Å². The number of anilines is 1. The van der Waals surface area contributed by atoms with Crippen LogP contribution in [0.3, 0.4) is 0 Å². The van der Waals surface area contributed by atoms with Crippen molar-refractivity contribution in [2.75, 3.05) is 31.8 Å². The molecule has 0 atom stereocenters. The SMILES string of the molecule is Cc1cccc(OCCCCC(=O)N2CCC(C(=O)Nc3ccc4c(c3)OCO4)CC2)c1. The van der Waals surface area contributed by atoms with Gasteiger partial charge < -0.3 is 24.4 Å². The number of hydrogen-bond acceptors (Lipinski definition) is 5. The van der Waals surface area contributed by atoms with E-state index in [4.69, 9.17) is 14.2 Å². The minimum absolute atomic E-state index is 0.00994. The molecular weight excluding hydrogens is 408 g/mol. The molecule has 0 aromatic heterocycles. The number of unbranched alkanes of at least 4 members (excludes halogenated alkanes) is 1. The molecule has 0 radical (unpaired) electrons. The van der Waals surface area contributed by atoms with Crippen molar-refractivity contribution in [1.82, 2.24) is 4.90 Å². The Balaban J connectivity index is 1.13. The van der Waals surface area contributed by atoms with Gasteiger partial charge in [-0.05, 0) is 62.4 Å². The highest BCUT2D eigenvalue weighted by Gasteiger charge is 2.27. The van der Waals surface area contributed by atoms with E-state index < -0.39 is 0 Å². The van der Waals surface area contributed by atoms with Crippen molar-refractivity contribution in [2.24, 2.45) is 5.92 Å². The third-order valence-electron chi connectivity index (χ3n) is 5.90. The van der Waals surface area contributed by atoms with Crippen molar-refractivity contribution in [1.29, 1.82) is 0 Å². The van der Waals surface area contributed by atoms with Gasteiger partial charge in [-0.3, -0.25) is 9.59 Å². The molecule has 2 aromatic carbocycles. The molecule has 2 aliphatic rings. The summed E-state index contributed by atoms with van der Waals surface area (Å²) in [5, 5.41) is 2.96. The number of rotatable bonds is 8. The van der Waals surface area contributed by atoms with Crippen molar-refractivity contribution in [3.8, 4) is 17.2 Å². The van der Waals surface area contributed by atoms with Crippen molar-refractivity contribution >= 4 is 17.5 Å². The molecule has 1 N–H and O–H groups in total. The van der Waals surface area contributed by atoms with Crippen LogP contribution in [0, 0.1) is 12.8 Å². The average molecular weight is 439 g/mol. The molecule has 170 valence electrons. The fraction of sp³-hybridized carbons (Fsp3) is 0.440. The van der Waals surface area contributed by atoms with Crippen molar-refractivity contribution in [3.05, 3.63) is 48.0 Å². The van der Waals surface area contributed by atoms with Crippen LogP contribution in [0.4, 0.5) is 5.69 Å². The first-order chi connectivity index (χ1) is 15.6. The number of piperidine rings is 1. The van der Waals surface area contributed by atoms with Crippen LogP contribution in [0.5, 0.6) is 17.2 Å². The summed E-state index contributed by atoms with van der Waals surface area (Å²) < 4.78 is 16.4. The van der Waals surface area contributed by atoms with Gasteiger partial charge in [-0.15, -0.1) is 0 Å². The Morgan fingerprint density at radius 1 is 1.06 bits per heavy atom. The van der Waals surface area contributed by atoms with Gasteiger partial charge in [0.05, 0.1) is 6.61 Å². The average Bonchev–Trinajstić information content (AvgIpc) is 3.27. The molecule has 0 spiro atoms. The lowest BCUT2D eigenvalue weighted by atomic mass is 9.95. The maximum atomic E-state index is 12.6. The number of carbonyl (C=O) groups excluding carboxylic acids is 2. The zero-order valence-corrected chi connectivity index (χ0v) is 18.5. The fourth-order valence-corrected chi connectivity index (χ4v) is 4.04. The number of nitrogens with zero attached hydrogens (tertiary/aromatic N) is 1. The number of fused-ring (bicyclic) bond motifs is 1. The second kappa shape index (κ2) is 10.4. The number of ether oxygens (including phenoxy) is 3. The summed E-state index contributed by atoms with van der Waals surface area (Å²) in [5.41, 5.74) is 1.87. The predicted molar refractivity (Wildman–Crippen MR) is 121 cm³/mol. The second-order valence-corrected chi connectivity index (χ2v) is 8.33. The molecule has 1 saturated heterocycles. The molecule has 0 saturated carbocycles. The molecule has 1 fully saturated rings. The van der Waals surface area contributed by atoms with Gasteiger partial charge >= 0.3 is 0 Å². The van der Waals surface area contributed by atoms with E-state index in [2.05, 4.69) is 5.32 Å². The molecule has 2 aliphatic heterocycles. The van der Waals surface area contributed by atoms with E-state index in [1.165, 1.54) is 5.56 Å². The lowest BCUT2D eigenvalue weighted by molar-refractivity contribution is -0.134. The maximum absolute atomic E-state index is 12.6. The summed E-state index contributed by atoms with van der Waals surface area (Å²) in [6.07, 6.45) is 3.52. The molecule has 2 heterocycles. The van der Waals surface area contributed by atoms with Crippen LogP contribution in [0.15, 0.2) is 42.5 Å². The standard InChI is InChI=1S/C25H30N2O5/c1-18-5-4-6-21(15-18)30-14-3-2-7-24(28)27-12-10-19(11-13-27)25(29)26-20-8-9-22-23(16-20)32-17-31-22/h4-6,8-9,15-16,19H,2-3,7,10-14,17H2,1H3,(H,26,29). The van der Waals surface area contributed by atoms with E-state index in [9.17, 15) is 9.59 Å². The Morgan fingerprint density at radius 3 is 2.69 bits per heavy atom. The van der Waals surface area contributed by atoms with Gasteiger partial charge in [-0.25, -0.2) is 0 Å². The monoisotopic (exact) mass is 438 g/mol. The quantitative estimate of drug-likeness (QED) is 0.627. The van der Waals surface area contributed by atoms with Crippen LogP contribution in [0.2, 0.25) is 0 Å². The summed E-state index contributed by atoms with van der Waals surface area (Å²) in [6, 6.07) is 13.4. The first-order valence-electron chi connectivity index (χ1n) is 11.3. The van der Waals surface area contributed by atoms with Crippen molar-refractivity contribution in [3.63, 3.8) is 0 Å². The van der Waals surface area contributed by atoms with E-state index >= 15 is 0 Å². The highest BCUT2D eigenvalue weighted by Crippen LogP contribution is 2.34. The molecule has 7 nitrogen and oxygen atoms in total. The Hall–Kier alpha value is -3.22. The van der Waals surface area contributed by atoms with Crippen LogP contribution in [0.1, 0.15) is 37.7 Å². The molecule has 32 heavy (non-hydrogen) atoms. The first kappa shape index (κ1) is 22.0. The second-order valence-electron chi connectivity index (χ2n) is 8.33. The van der Waals surface area contributed by atoms with Gasteiger partial charge in [0.15, 0.2) is 11.5 Å². The van der Waals surface area contributed by atoms with Crippen LogP contribution < -0.4 is 19.5 Å². The van der Waals surface area contributed by atoms with E-state index in [0.29, 0.717) is 56.1 Å². The topological polar surface area (TPSA) is 77.1 Å². The zero-order chi connectivity index (χ0) is 22.3. The number of amides is 2. The number of hydrogen-bond donors (Lipinski definition) is 1. The maximum Gasteiger partial charge on any atom is 0.231 e. The van der Waals surface area contributed by atoms with Gasteiger partial charge in [0.2, 0.25) is 18.6 Å². The van der Waals surface area contributed by atoms with Crippen LogP contribution >= 0.6 is 0 Å². The van der Waals surface area contributed by atoms with Crippen LogP contribution in [-0.4, -0.2) is 43.2 Å². The number of aryl methyl sites for hydroxylation is 1. The lowest BCUT2D eigenvalue weighted by Gasteiger charge is -2.31. The minimum atomic E-state index is -0.0906. The van der Waals surface area contributed by atoms with E-state index in [0.717, 1.165) is 18.6 Å². The smallest absolute Gasteiger partial charge is 0.231 e. The molecule has 0 unspecified atom stereocenters. The van der Waals surface area contributed by atoms with Crippen LogP contribution in [0.25, 0.3) is 0 Å². The Morgan fingerprint density at radius 2 is 1.88 bits per heavy atom. The summed E-state index contributed by atoms with van der Waals surface area (Å²) in [4.78, 5) is 27.0. The third-order valence-corrected chi connectivity index (χ3v) is 5.90. The summed E-state index contributed by atoms with van der Waals surface area (Å²) in [6.45, 7) is 4.10. The van der Waals surface area contributed by atoms with Gasteiger partial charge in [0.1, 0.15) is 5.75 Å². The van der Waals surface area contributed by atoms with Crippen molar-refractivity contribution < 1.29 is 23.8 Å². The Bertz CT molecular complexity index is 953. The van der Waals surface area contributed by atoms with Gasteiger partial charge in [-0.2, -0.15) is 0 Å². The molecule has 2 amide bonds. The van der Waals surface area contributed by atoms with Gasteiger partial charge in [0, 0.05) is 37.2 Å². The summed E-state index contributed by atoms with van der Waals surface area (Å²) >= 11 is 0. The largest absolute Gasteiger partial charge is 0.494 e. The lowest BCUT2D eigenvalue weighted by Crippen LogP contribution is -2.41. The highest BCUT2D eigenvalue weighted by atomic mass is 16.7. The van der Waals surface area contributed by atoms with E-state index in [1.54, 1.807) is 12.1 Å².